The third kappa shape index (κ3) is 9.41. The first-order valence-electron chi connectivity index (χ1n) is 7.85. The third-order valence-corrected chi connectivity index (χ3v) is 3.98. The Morgan fingerprint density at radius 1 is 1.19 bits per heavy atom. The fourth-order valence-corrected chi connectivity index (χ4v) is 2.72. The van der Waals surface area contributed by atoms with Crippen molar-refractivity contribution in [1.82, 2.24) is 5.31 Å². The van der Waals surface area contributed by atoms with E-state index in [2.05, 4.69) is 64.2 Å². The average Bonchev–Trinajstić information content (AvgIpc) is 2.57. The van der Waals surface area contributed by atoms with E-state index in [0.29, 0.717) is 27.3 Å². The maximum absolute atomic E-state index is 7.61. The number of hydrogen-bond acceptors (Lipinski definition) is 1. The first kappa shape index (κ1) is 20.6. The fraction of sp³-hybridized carbons (Fsp3) is 0.625. The number of alkyl halides is 1. The number of rotatable bonds is 3. The summed E-state index contributed by atoms with van der Waals surface area (Å²) in [6.07, 6.45) is 4.69. The van der Waals surface area contributed by atoms with Gasteiger partial charge < -0.3 is 5.31 Å². The van der Waals surface area contributed by atoms with E-state index in [1.807, 2.05) is 20.9 Å². The van der Waals surface area contributed by atoms with Gasteiger partial charge in [0.2, 0.25) is 0 Å². The van der Waals surface area contributed by atoms with E-state index < -0.39 is 0 Å². The first-order valence-corrected chi connectivity index (χ1v) is 17.0. The van der Waals surface area contributed by atoms with Gasteiger partial charge in [-0.2, -0.15) is 0 Å². The van der Waals surface area contributed by atoms with E-state index in [9.17, 15) is 0 Å². The zero-order chi connectivity index (χ0) is 17.0. The molecule has 1 nitrogen and oxygen atoms in total. The molecular weight excluding hydrogens is 546 g/mol. The summed E-state index contributed by atoms with van der Waals surface area (Å²) in [5, 5.41) is 1.62. The molecule has 0 amide bonds. The molecule has 1 aliphatic carbocycles. The second kappa shape index (κ2) is 15.1. The van der Waals surface area contributed by atoms with Crippen LogP contribution in [0.1, 0.15) is 56.6 Å². The van der Waals surface area contributed by atoms with Crippen LogP contribution in [0.3, 0.4) is 0 Å². The van der Waals surface area contributed by atoms with Gasteiger partial charge in [-0.1, -0.05) is 38.1 Å². The second-order valence-electron chi connectivity index (χ2n) is 4.70. The topological polar surface area (TPSA) is 12.0 Å². The summed E-state index contributed by atoms with van der Waals surface area (Å²) in [6, 6.07) is 9.14. The van der Waals surface area contributed by atoms with Crippen molar-refractivity contribution >= 4 is 51.6 Å². The minimum absolute atomic E-state index is 0.452. The molecule has 121 valence electrons. The Labute approximate surface area is 166 Å². The Bertz CT molecular complexity index is 371. The molecule has 0 saturated heterocycles. The molecule has 0 bridgehead atoms. The van der Waals surface area contributed by atoms with Crippen LogP contribution < -0.4 is 5.31 Å². The molecule has 2 rings (SSSR count). The first-order chi connectivity index (χ1) is 10.6. The molecule has 0 atom stereocenters. The quantitative estimate of drug-likeness (QED) is 0.323. The van der Waals surface area contributed by atoms with E-state index in [4.69, 9.17) is 13.0 Å². The summed E-state index contributed by atoms with van der Waals surface area (Å²) in [5.41, 5.74) is 2.62. The van der Waals surface area contributed by atoms with Crippen LogP contribution in [0.25, 0.3) is 0 Å². The Morgan fingerprint density at radius 3 is 2.05 bits per heavy atom. The summed E-state index contributed by atoms with van der Waals surface area (Å²) < 4.78 is 7.61. The summed E-state index contributed by atoms with van der Waals surface area (Å²) in [4.78, 5) is 0. The molecule has 0 aliphatic heterocycles. The predicted molar refractivity (Wildman–Crippen MR) is 109 cm³/mol. The Hall–Kier alpha value is 1.51. The summed E-state index contributed by atoms with van der Waals surface area (Å²) in [7, 11) is 2.49. The van der Waals surface area contributed by atoms with Crippen molar-refractivity contribution in [2.24, 2.45) is 0 Å². The van der Waals surface area contributed by atoms with E-state index in [1.54, 1.807) is 5.31 Å². The summed E-state index contributed by atoms with van der Waals surface area (Å²) in [5.74, 6) is 1.27. The van der Waals surface area contributed by atoms with Crippen molar-refractivity contribution in [3.8, 4) is 0 Å². The zero-order valence-electron chi connectivity index (χ0n) is 14.0. The van der Waals surface area contributed by atoms with Gasteiger partial charge in [0.05, 0.1) is 0 Å². The van der Waals surface area contributed by atoms with Crippen molar-refractivity contribution in [3.05, 3.63) is 35.4 Å². The molecule has 0 aromatic heterocycles. The van der Waals surface area contributed by atoms with Gasteiger partial charge in [0, 0.05) is 11.9 Å². The van der Waals surface area contributed by atoms with Crippen LogP contribution in [-0.4, -0.2) is 13.1 Å². The number of halogens is 3. The van der Waals surface area contributed by atoms with Gasteiger partial charge in [-0.3, -0.25) is 0 Å². The van der Waals surface area contributed by atoms with Crippen LogP contribution in [0.4, 0.5) is 0 Å². The van der Waals surface area contributed by atoms with Gasteiger partial charge in [0.1, 0.15) is 1.41 Å². The Balaban J connectivity index is 0.000000789. The summed E-state index contributed by atoms with van der Waals surface area (Å²) >= 11 is 10.5. The van der Waals surface area contributed by atoms with Crippen LogP contribution in [0.15, 0.2) is 24.3 Å². The van der Waals surface area contributed by atoms with Crippen LogP contribution in [-0.2, 0) is 15.3 Å². The number of benzene rings is 1. The maximum atomic E-state index is 7.61. The van der Waals surface area contributed by atoms with Crippen LogP contribution in [0, 0.1) is 0 Å². The molecule has 0 spiro atoms. The monoisotopic (exact) mass is 574 g/mol. The molecular formula is C16H26ClI2NV. The van der Waals surface area contributed by atoms with Gasteiger partial charge in [-0.05, 0) is 49.8 Å². The predicted octanol–water partition coefficient (Wildman–Crippen LogP) is 6.47. The second-order valence-corrected chi connectivity index (χ2v) is 16.8. The summed E-state index contributed by atoms with van der Waals surface area (Å²) in [6.45, 7) is 4.00. The molecule has 1 aromatic carbocycles. The van der Waals surface area contributed by atoms with E-state index in [1.165, 1.54) is 24.0 Å². The molecule has 1 fully saturated rings. The van der Waals surface area contributed by atoms with E-state index in [0.717, 1.165) is 12.8 Å². The molecule has 0 radical (unpaired) electrons. The standard InChI is InChI=1S/C14H20ClN.C2H6.2HI.V/c1-16-14-8-6-13(7-9-14)12-4-2-11(10-15)3-5-12;1-2;;;/h2-5,13-14,16H,6-10H2,1H3;1-2H3;2*1H;/q;;;;+2/p-2/i/hT. The molecule has 1 aliphatic rings. The zero-order valence-corrected chi connectivity index (χ0v) is 19.5. The molecule has 1 saturated carbocycles. The fourth-order valence-electron chi connectivity index (χ4n) is 2.55. The van der Waals surface area contributed by atoms with E-state index >= 15 is 0 Å². The van der Waals surface area contributed by atoms with Crippen molar-refractivity contribution in [2.75, 3.05) is 7.05 Å². The number of hydrogen-bond donors (Lipinski definition) is 1. The van der Waals surface area contributed by atoms with Gasteiger partial charge in [-0.25, -0.2) is 0 Å². The van der Waals surface area contributed by atoms with Gasteiger partial charge in [-0.15, -0.1) is 11.6 Å². The minimum atomic E-state index is 0.452. The number of nitrogens with one attached hydrogen (secondary N) is 1. The Morgan fingerprint density at radius 2 is 1.67 bits per heavy atom. The van der Waals surface area contributed by atoms with Crippen LogP contribution in [0.5, 0.6) is 0 Å². The van der Waals surface area contributed by atoms with Crippen molar-refractivity contribution < 1.29 is 10.9 Å². The molecule has 0 unspecified atom stereocenters. The Kier molecular flexibility index (Phi) is 14.7. The van der Waals surface area contributed by atoms with Gasteiger partial charge in [0.25, 0.3) is 0 Å². The van der Waals surface area contributed by atoms with Crippen LogP contribution >= 0.6 is 51.6 Å². The van der Waals surface area contributed by atoms with Crippen LogP contribution in [0.2, 0.25) is 1.41 Å². The van der Waals surface area contributed by atoms with E-state index in [-0.39, 0.29) is 0 Å². The van der Waals surface area contributed by atoms with Crippen molar-refractivity contribution in [3.63, 3.8) is 0 Å². The van der Waals surface area contributed by atoms with Gasteiger partial charge in [0.15, 0.2) is 0 Å². The molecule has 1 aromatic rings. The average molecular weight is 575 g/mol. The van der Waals surface area contributed by atoms with Crippen molar-refractivity contribution in [2.45, 2.75) is 57.4 Å². The molecule has 0 heterocycles. The molecule has 21 heavy (non-hydrogen) atoms. The molecule has 1 N–H and O–H groups in total. The normalized spacial score (nSPS) is 21.4. The van der Waals surface area contributed by atoms with Crippen molar-refractivity contribution in [1.29, 1.82) is 0 Å². The third-order valence-electron chi connectivity index (χ3n) is 3.67. The molecule has 5 heteroatoms. The SMILES string of the molecule is CC.[3H]N(C)C1CCC(c2ccc(CCl)cc2)CC1.[I][V][I]. The van der Waals surface area contributed by atoms with Gasteiger partial charge >= 0.3 is 49.4 Å².